The van der Waals surface area contributed by atoms with E-state index in [9.17, 15) is 0 Å². The molecule has 2 unspecified atom stereocenters. The molecule has 1 aliphatic heterocycles. The van der Waals surface area contributed by atoms with E-state index in [-0.39, 0.29) is 18.2 Å². The molecule has 1 rings (SSSR count). The maximum absolute atomic E-state index is 5.60. The predicted octanol–water partition coefficient (Wildman–Crippen LogP) is -0.0687. The van der Waals surface area contributed by atoms with Crippen molar-refractivity contribution in [3.05, 3.63) is 0 Å². The molecule has 1 saturated heterocycles. The van der Waals surface area contributed by atoms with Crippen LogP contribution in [0.25, 0.3) is 0 Å². The highest BCUT2D eigenvalue weighted by atomic mass is 16.6. The smallest absolute Gasteiger partial charge is 0.112 e. The lowest BCUT2D eigenvalue weighted by atomic mass is 9.93. The summed E-state index contributed by atoms with van der Waals surface area (Å²) in [6, 6.07) is -0.333. The Morgan fingerprint density at radius 1 is 1.64 bits per heavy atom. The molecule has 0 aromatic carbocycles. The molecule has 1 heterocycles. The minimum atomic E-state index is -0.333. The molecule has 4 heteroatoms. The van der Waals surface area contributed by atoms with Crippen LogP contribution in [-0.4, -0.2) is 46.4 Å². The number of hydrogen-bond donors (Lipinski definition) is 0. The summed E-state index contributed by atoms with van der Waals surface area (Å²) < 4.78 is 15.6. The van der Waals surface area contributed by atoms with Gasteiger partial charge in [-0.2, -0.15) is 0 Å². The average Bonchev–Trinajstić information content (AvgIpc) is 2.34. The Bertz CT molecular complexity index is 120. The van der Waals surface area contributed by atoms with E-state index in [0.29, 0.717) is 13.2 Å². The quantitative estimate of drug-likeness (QED) is 0.535. The highest BCUT2D eigenvalue weighted by molar-refractivity contribution is 6.11. The van der Waals surface area contributed by atoms with Crippen molar-refractivity contribution in [1.29, 1.82) is 0 Å². The second-order valence-corrected chi connectivity index (χ2v) is 2.49. The second-order valence-electron chi connectivity index (χ2n) is 2.49. The van der Waals surface area contributed by atoms with Gasteiger partial charge in [-0.3, -0.25) is 0 Å². The van der Waals surface area contributed by atoms with Gasteiger partial charge in [0.15, 0.2) is 0 Å². The van der Waals surface area contributed by atoms with E-state index < -0.39 is 0 Å². The summed E-state index contributed by atoms with van der Waals surface area (Å²) >= 11 is 0. The van der Waals surface area contributed by atoms with Crippen LogP contribution >= 0.6 is 0 Å². The van der Waals surface area contributed by atoms with Gasteiger partial charge in [-0.1, -0.05) is 0 Å². The summed E-state index contributed by atoms with van der Waals surface area (Å²) in [6.07, 6.45) is -0.116. The summed E-state index contributed by atoms with van der Waals surface area (Å²) in [5, 5.41) is 0. The minimum Gasteiger partial charge on any atom is -0.382 e. The Kier molecular flexibility index (Phi) is 3.36. The Hall–Kier alpha value is -0.0551. The van der Waals surface area contributed by atoms with Gasteiger partial charge in [0.1, 0.15) is 20.1 Å². The van der Waals surface area contributed by atoms with E-state index in [2.05, 4.69) is 0 Å². The number of methoxy groups -OCH3 is 1. The van der Waals surface area contributed by atoms with Gasteiger partial charge >= 0.3 is 0 Å². The van der Waals surface area contributed by atoms with Crippen LogP contribution < -0.4 is 0 Å². The summed E-state index contributed by atoms with van der Waals surface area (Å²) in [7, 11) is 7.24. The van der Waals surface area contributed by atoms with Crippen molar-refractivity contribution in [2.75, 3.05) is 20.3 Å². The molecular weight excluding hydrogens is 143 g/mol. The Morgan fingerprint density at radius 3 is 2.91 bits per heavy atom. The zero-order chi connectivity index (χ0) is 8.27. The fourth-order valence-electron chi connectivity index (χ4n) is 1.20. The molecule has 1 aliphatic rings. The Morgan fingerprint density at radius 2 is 2.36 bits per heavy atom. The van der Waals surface area contributed by atoms with Gasteiger partial charge in [-0.15, -0.1) is 0 Å². The molecule has 0 aliphatic carbocycles. The van der Waals surface area contributed by atoms with Crippen LogP contribution in [0.1, 0.15) is 6.92 Å². The van der Waals surface area contributed by atoms with Crippen molar-refractivity contribution in [3.63, 3.8) is 0 Å². The monoisotopic (exact) mass is 156 g/mol. The molecule has 0 bridgehead atoms. The van der Waals surface area contributed by atoms with Crippen LogP contribution in [0.4, 0.5) is 0 Å². The van der Waals surface area contributed by atoms with Crippen molar-refractivity contribution < 1.29 is 14.2 Å². The van der Waals surface area contributed by atoms with Gasteiger partial charge in [0.2, 0.25) is 0 Å². The van der Waals surface area contributed by atoms with Gasteiger partial charge in [-0.25, -0.2) is 0 Å². The molecule has 0 aromatic rings. The number of hydrogen-bond acceptors (Lipinski definition) is 3. The zero-order valence-corrected chi connectivity index (χ0v) is 6.95. The van der Waals surface area contributed by atoms with Gasteiger partial charge in [0, 0.05) is 19.7 Å². The lowest BCUT2D eigenvalue weighted by Gasteiger charge is -2.19. The van der Waals surface area contributed by atoms with Crippen molar-refractivity contribution >= 4 is 7.85 Å². The highest BCUT2D eigenvalue weighted by Crippen LogP contribution is 2.17. The first-order valence-corrected chi connectivity index (χ1v) is 3.81. The molecule has 0 spiro atoms. The first kappa shape index (κ1) is 9.04. The maximum Gasteiger partial charge on any atom is 0.112 e. The van der Waals surface area contributed by atoms with Gasteiger partial charge in [0.25, 0.3) is 0 Å². The average molecular weight is 156 g/mol. The summed E-state index contributed by atoms with van der Waals surface area (Å²) in [5.41, 5.74) is 0. The molecule has 0 amide bonds. The van der Waals surface area contributed by atoms with E-state index in [4.69, 9.17) is 22.1 Å². The Labute approximate surface area is 68.4 Å². The zero-order valence-electron chi connectivity index (χ0n) is 6.95. The number of rotatable bonds is 3. The largest absolute Gasteiger partial charge is 0.382 e. The van der Waals surface area contributed by atoms with Crippen LogP contribution in [0, 0.1) is 0 Å². The highest BCUT2D eigenvalue weighted by Gasteiger charge is 2.34. The lowest BCUT2D eigenvalue weighted by Crippen LogP contribution is -2.34. The van der Waals surface area contributed by atoms with E-state index >= 15 is 0 Å². The van der Waals surface area contributed by atoms with Crippen molar-refractivity contribution in [3.8, 4) is 0 Å². The third-order valence-electron chi connectivity index (χ3n) is 1.81. The molecule has 2 radical (unpaired) electrons. The minimum absolute atomic E-state index is 0.00931. The van der Waals surface area contributed by atoms with Crippen molar-refractivity contribution in [1.82, 2.24) is 0 Å². The standard InChI is InChI=1S/C7H13BO3/c1-3-10-6-5(9-2)4-11-7(6)8/h5-7H,3-4H2,1-2H3/t5?,6?,7-/m1/s1. The lowest BCUT2D eigenvalue weighted by molar-refractivity contribution is -0.0292. The Balaban J connectivity index is 2.42. The maximum atomic E-state index is 5.60. The van der Waals surface area contributed by atoms with Gasteiger partial charge < -0.3 is 14.2 Å². The predicted molar refractivity (Wildman–Crippen MR) is 41.7 cm³/mol. The van der Waals surface area contributed by atoms with Crippen molar-refractivity contribution in [2.24, 2.45) is 0 Å². The molecule has 0 saturated carbocycles. The molecule has 0 aromatic heterocycles. The second kappa shape index (κ2) is 4.09. The summed E-state index contributed by atoms with van der Waals surface area (Å²) in [4.78, 5) is 0. The normalized spacial score (nSPS) is 37.8. The van der Waals surface area contributed by atoms with Crippen LogP contribution in [-0.2, 0) is 14.2 Å². The van der Waals surface area contributed by atoms with E-state index in [1.807, 2.05) is 6.92 Å². The molecule has 3 nitrogen and oxygen atoms in total. The van der Waals surface area contributed by atoms with Gasteiger partial charge in [0.05, 0.1) is 6.61 Å². The van der Waals surface area contributed by atoms with Crippen LogP contribution in [0.3, 0.4) is 0 Å². The van der Waals surface area contributed by atoms with Crippen LogP contribution in [0.5, 0.6) is 0 Å². The molecule has 11 heavy (non-hydrogen) atoms. The molecule has 62 valence electrons. The van der Waals surface area contributed by atoms with E-state index in [1.165, 1.54) is 0 Å². The topological polar surface area (TPSA) is 27.7 Å². The SMILES string of the molecule is [B][C@@H]1OCC(OC)C1OCC. The third kappa shape index (κ3) is 1.95. The molecule has 0 N–H and O–H groups in total. The van der Waals surface area contributed by atoms with Crippen LogP contribution in [0.15, 0.2) is 0 Å². The van der Waals surface area contributed by atoms with Crippen LogP contribution in [0.2, 0.25) is 0 Å². The summed E-state index contributed by atoms with van der Waals surface area (Å²) in [5.74, 6) is 0. The molecule has 3 atom stereocenters. The van der Waals surface area contributed by atoms with Gasteiger partial charge in [-0.05, 0) is 6.92 Å². The number of ether oxygens (including phenoxy) is 3. The first-order valence-electron chi connectivity index (χ1n) is 3.81. The van der Waals surface area contributed by atoms with E-state index in [0.717, 1.165) is 0 Å². The molecule has 1 fully saturated rings. The third-order valence-corrected chi connectivity index (χ3v) is 1.81. The summed E-state index contributed by atoms with van der Waals surface area (Å²) in [6.45, 7) is 3.10. The molecular formula is C7H13BO3. The first-order chi connectivity index (χ1) is 5.29. The van der Waals surface area contributed by atoms with E-state index in [1.54, 1.807) is 7.11 Å². The van der Waals surface area contributed by atoms with Crippen molar-refractivity contribution in [2.45, 2.75) is 25.1 Å². The fourth-order valence-corrected chi connectivity index (χ4v) is 1.20. The fraction of sp³-hybridized carbons (Fsp3) is 1.00.